The smallest absolute Gasteiger partial charge is 0.231 e. The normalized spacial score (nSPS) is 12.6. The molecular weight excluding hydrogens is 216 g/mol. The SMILES string of the molecule is CCC(O)CN(CC(N)=O)Cc1ccccc1. The summed E-state index contributed by atoms with van der Waals surface area (Å²) < 4.78 is 0. The van der Waals surface area contributed by atoms with Crippen molar-refractivity contribution in [2.45, 2.75) is 26.0 Å². The van der Waals surface area contributed by atoms with Gasteiger partial charge in [-0.1, -0.05) is 37.3 Å². The maximum absolute atomic E-state index is 11.0. The molecule has 0 radical (unpaired) electrons. The molecule has 0 bridgehead atoms. The molecule has 3 N–H and O–H groups in total. The highest BCUT2D eigenvalue weighted by molar-refractivity contribution is 5.75. The zero-order valence-electron chi connectivity index (χ0n) is 10.2. The van der Waals surface area contributed by atoms with Crippen LogP contribution in [0.5, 0.6) is 0 Å². The summed E-state index contributed by atoms with van der Waals surface area (Å²) in [6.45, 7) is 3.18. The lowest BCUT2D eigenvalue weighted by Crippen LogP contribution is -2.38. The van der Waals surface area contributed by atoms with E-state index in [0.717, 1.165) is 5.56 Å². The van der Waals surface area contributed by atoms with Crippen molar-refractivity contribution in [1.29, 1.82) is 0 Å². The zero-order chi connectivity index (χ0) is 12.7. The lowest BCUT2D eigenvalue weighted by molar-refractivity contribution is -0.119. The first-order chi connectivity index (χ1) is 8.11. The second-order valence-corrected chi connectivity index (χ2v) is 4.18. The summed E-state index contributed by atoms with van der Waals surface area (Å²) in [7, 11) is 0. The van der Waals surface area contributed by atoms with Gasteiger partial charge in [0.05, 0.1) is 12.6 Å². The van der Waals surface area contributed by atoms with Crippen LogP contribution in [-0.4, -0.2) is 35.1 Å². The molecule has 0 fully saturated rings. The summed E-state index contributed by atoms with van der Waals surface area (Å²) in [5.74, 6) is -0.371. The Balaban J connectivity index is 2.60. The number of aliphatic hydroxyl groups is 1. The number of nitrogens with zero attached hydrogens (tertiary/aromatic N) is 1. The summed E-state index contributed by atoms with van der Waals surface area (Å²) in [4.78, 5) is 12.8. The van der Waals surface area contributed by atoms with Crippen molar-refractivity contribution >= 4 is 5.91 Å². The molecule has 0 saturated heterocycles. The molecular formula is C13H20N2O2. The highest BCUT2D eigenvalue weighted by Crippen LogP contribution is 2.05. The average molecular weight is 236 g/mol. The standard InChI is InChI=1S/C13H20N2O2/c1-2-12(16)9-15(10-13(14)17)8-11-6-4-3-5-7-11/h3-7,12,16H,2,8-10H2,1H3,(H2,14,17). The first kappa shape index (κ1) is 13.7. The Bertz CT molecular complexity index is 341. The minimum Gasteiger partial charge on any atom is -0.392 e. The van der Waals surface area contributed by atoms with Crippen LogP contribution in [0.2, 0.25) is 0 Å². The summed E-state index contributed by atoms with van der Waals surface area (Å²) in [5.41, 5.74) is 6.31. The van der Waals surface area contributed by atoms with Gasteiger partial charge in [0.1, 0.15) is 0 Å². The first-order valence-corrected chi connectivity index (χ1v) is 5.84. The van der Waals surface area contributed by atoms with Gasteiger partial charge in [-0.15, -0.1) is 0 Å². The van der Waals surface area contributed by atoms with Crippen molar-refractivity contribution in [3.63, 3.8) is 0 Å². The molecule has 94 valence electrons. The van der Waals surface area contributed by atoms with E-state index in [4.69, 9.17) is 5.73 Å². The van der Waals surface area contributed by atoms with Crippen LogP contribution < -0.4 is 5.73 Å². The number of carbonyl (C=O) groups excluding carboxylic acids is 1. The Morgan fingerprint density at radius 2 is 2.06 bits per heavy atom. The van der Waals surface area contributed by atoms with E-state index in [1.165, 1.54) is 0 Å². The molecule has 1 rings (SSSR count). The summed E-state index contributed by atoms with van der Waals surface area (Å²) >= 11 is 0. The summed E-state index contributed by atoms with van der Waals surface area (Å²) in [6.07, 6.45) is 0.252. The van der Waals surface area contributed by atoms with E-state index in [1.54, 1.807) is 0 Å². The van der Waals surface area contributed by atoms with Crippen LogP contribution in [0.4, 0.5) is 0 Å². The van der Waals surface area contributed by atoms with Gasteiger partial charge in [0.2, 0.25) is 5.91 Å². The summed E-state index contributed by atoms with van der Waals surface area (Å²) in [5, 5.41) is 9.63. The molecule has 1 aromatic carbocycles. The van der Waals surface area contributed by atoms with E-state index < -0.39 is 6.10 Å². The van der Waals surface area contributed by atoms with Crippen LogP contribution in [0.25, 0.3) is 0 Å². The van der Waals surface area contributed by atoms with Crippen molar-refractivity contribution in [2.75, 3.05) is 13.1 Å². The van der Waals surface area contributed by atoms with Gasteiger partial charge >= 0.3 is 0 Å². The largest absolute Gasteiger partial charge is 0.392 e. The van der Waals surface area contributed by atoms with Crippen LogP contribution in [0, 0.1) is 0 Å². The minimum atomic E-state index is -0.418. The quantitative estimate of drug-likeness (QED) is 0.734. The minimum absolute atomic E-state index is 0.173. The van der Waals surface area contributed by atoms with Crippen LogP contribution in [0.1, 0.15) is 18.9 Å². The number of hydrogen-bond donors (Lipinski definition) is 2. The van der Waals surface area contributed by atoms with Gasteiger partial charge in [-0.2, -0.15) is 0 Å². The van der Waals surface area contributed by atoms with Crippen LogP contribution in [0.3, 0.4) is 0 Å². The highest BCUT2D eigenvalue weighted by Gasteiger charge is 2.12. The van der Waals surface area contributed by atoms with Gasteiger partial charge in [-0.05, 0) is 12.0 Å². The van der Waals surface area contributed by atoms with Gasteiger partial charge in [-0.3, -0.25) is 9.69 Å². The number of hydrogen-bond acceptors (Lipinski definition) is 3. The lowest BCUT2D eigenvalue weighted by Gasteiger charge is -2.23. The molecule has 1 aromatic rings. The van der Waals surface area contributed by atoms with Gasteiger partial charge in [0, 0.05) is 13.1 Å². The number of carbonyl (C=O) groups is 1. The Morgan fingerprint density at radius 3 is 2.59 bits per heavy atom. The molecule has 17 heavy (non-hydrogen) atoms. The third-order valence-electron chi connectivity index (χ3n) is 2.57. The third kappa shape index (κ3) is 5.47. The zero-order valence-corrected chi connectivity index (χ0v) is 10.2. The van der Waals surface area contributed by atoms with Crippen LogP contribution in [-0.2, 0) is 11.3 Å². The van der Waals surface area contributed by atoms with Crippen LogP contribution in [0.15, 0.2) is 30.3 Å². The number of nitrogens with two attached hydrogens (primary N) is 1. The predicted molar refractivity (Wildman–Crippen MR) is 67.2 cm³/mol. The molecule has 1 unspecified atom stereocenters. The van der Waals surface area contributed by atoms with Gasteiger partial charge in [0.15, 0.2) is 0 Å². The fourth-order valence-corrected chi connectivity index (χ4v) is 1.67. The first-order valence-electron chi connectivity index (χ1n) is 5.84. The van der Waals surface area contributed by atoms with Crippen molar-refractivity contribution < 1.29 is 9.90 Å². The molecule has 4 nitrogen and oxygen atoms in total. The third-order valence-corrected chi connectivity index (χ3v) is 2.57. The molecule has 0 aliphatic heterocycles. The molecule has 0 aliphatic carbocycles. The molecule has 0 saturated carbocycles. The monoisotopic (exact) mass is 236 g/mol. The van der Waals surface area contributed by atoms with E-state index in [9.17, 15) is 9.90 Å². The topological polar surface area (TPSA) is 66.6 Å². The molecule has 0 heterocycles. The molecule has 0 aromatic heterocycles. The molecule has 1 amide bonds. The second kappa shape index (κ2) is 7.04. The lowest BCUT2D eigenvalue weighted by atomic mass is 10.2. The van der Waals surface area contributed by atoms with Crippen molar-refractivity contribution in [2.24, 2.45) is 5.73 Å². The maximum Gasteiger partial charge on any atom is 0.231 e. The van der Waals surface area contributed by atoms with E-state index in [0.29, 0.717) is 19.5 Å². The second-order valence-electron chi connectivity index (χ2n) is 4.18. The van der Waals surface area contributed by atoms with Crippen molar-refractivity contribution in [1.82, 2.24) is 4.90 Å². The Labute approximate surface area is 102 Å². The Hall–Kier alpha value is -1.39. The van der Waals surface area contributed by atoms with Gasteiger partial charge < -0.3 is 10.8 Å². The van der Waals surface area contributed by atoms with Gasteiger partial charge in [-0.25, -0.2) is 0 Å². The number of aliphatic hydroxyl groups excluding tert-OH is 1. The van der Waals surface area contributed by atoms with Crippen molar-refractivity contribution in [3.8, 4) is 0 Å². The van der Waals surface area contributed by atoms with Crippen LogP contribution >= 0.6 is 0 Å². The highest BCUT2D eigenvalue weighted by atomic mass is 16.3. The molecule has 0 aliphatic rings. The average Bonchev–Trinajstić information content (AvgIpc) is 2.29. The number of amides is 1. The molecule has 1 atom stereocenters. The van der Waals surface area contributed by atoms with E-state index >= 15 is 0 Å². The van der Waals surface area contributed by atoms with Crippen molar-refractivity contribution in [3.05, 3.63) is 35.9 Å². The van der Waals surface area contributed by atoms with E-state index in [2.05, 4.69) is 0 Å². The molecule has 0 spiro atoms. The number of benzene rings is 1. The van der Waals surface area contributed by atoms with E-state index in [1.807, 2.05) is 42.2 Å². The predicted octanol–water partition coefficient (Wildman–Crippen LogP) is 0.745. The van der Waals surface area contributed by atoms with Gasteiger partial charge in [0.25, 0.3) is 0 Å². The fraction of sp³-hybridized carbons (Fsp3) is 0.462. The number of primary amides is 1. The molecule has 4 heteroatoms. The Kier molecular flexibility index (Phi) is 5.66. The Morgan fingerprint density at radius 1 is 1.41 bits per heavy atom. The fourth-order valence-electron chi connectivity index (χ4n) is 1.67. The maximum atomic E-state index is 11.0. The van der Waals surface area contributed by atoms with E-state index in [-0.39, 0.29) is 12.5 Å². The number of rotatable bonds is 7. The summed E-state index contributed by atoms with van der Waals surface area (Å²) in [6, 6.07) is 9.84.